The van der Waals surface area contributed by atoms with E-state index in [0.29, 0.717) is 27.9 Å². The number of pyridine rings is 1. The van der Waals surface area contributed by atoms with E-state index in [-0.39, 0.29) is 5.82 Å². The summed E-state index contributed by atoms with van der Waals surface area (Å²) in [7, 11) is 0. The third-order valence-corrected chi connectivity index (χ3v) is 2.54. The largest absolute Gasteiger partial charge is 0.399 e. The number of benzene rings is 1. The molecule has 2 rings (SSSR count). The Morgan fingerprint density at radius 1 is 1.35 bits per heavy atom. The number of rotatable bonds is 2. The fourth-order valence-corrected chi connectivity index (χ4v) is 1.68. The summed E-state index contributed by atoms with van der Waals surface area (Å²) in [6, 6.07) is 7.97. The normalized spacial score (nSPS) is 10.3. The zero-order valence-corrected chi connectivity index (χ0v) is 9.92. The van der Waals surface area contributed by atoms with Crippen LogP contribution in [0.5, 0.6) is 0 Å². The van der Waals surface area contributed by atoms with E-state index in [1.165, 1.54) is 6.07 Å². The maximum absolute atomic E-state index is 13.3. The van der Waals surface area contributed by atoms with Gasteiger partial charge in [0.15, 0.2) is 0 Å². The van der Waals surface area contributed by atoms with Crippen LogP contribution in [0, 0.1) is 12.7 Å². The molecule has 3 N–H and O–H groups in total. The number of nitrogens with two attached hydrogens (primary N) is 1. The van der Waals surface area contributed by atoms with Crippen LogP contribution in [0.4, 0.5) is 21.6 Å². The van der Waals surface area contributed by atoms with Crippen LogP contribution in [0.1, 0.15) is 5.56 Å². The minimum absolute atomic E-state index is 0.273. The summed E-state index contributed by atoms with van der Waals surface area (Å²) < 4.78 is 13.3. The molecule has 1 aromatic carbocycles. The zero-order chi connectivity index (χ0) is 12.4. The highest BCUT2D eigenvalue weighted by atomic mass is 35.5. The Balaban J connectivity index is 2.34. The minimum Gasteiger partial charge on any atom is -0.399 e. The molecular formula is C12H11ClFN3. The number of hydrogen-bond donors (Lipinski definition) is 2. The number of anilines is 3. The van der Waals surface area contributed by atoms with E-state index in [9.17, 15) is 4.39 Å². The van der Waals surface area contributed by atoms with Gasteiger partial charge in [0.1, 0.15) is 16.8 Å². The van der Waals surface area contributed by atoms with Gasteiger partial charge >= 0.3 is 0 Å². The van der Waals surface area contributed by atoms with Crippen molar-refractivity contribution in [3.05, 3.63) is 46.9 Å². The summed E-state index contributed by atoms with van der Waals surface area (Å²) in [4.78, 5) is 4.05. The minimum atomic E-state index is -0.273. The highest BCUT2D eigenvalue weighted by molar-refractivity contribution is 6.29. The molecule has 0 spiro atoms. The molecule has 2 aromatic rings. The highest BCUT2D eigenvalue weighted by Gasteiger charge is 2.05. The van der Waals surface area contributed by atoms with Crippen molar-refractivity contribution in [1.82, 2.24) is 4.98 Å². The lowest BCUT2D eigenvalue weighted by atomic mass is 10.2. The first kappa shape index (κ1) is 11.7. The summed E-state index contributed by atoms with van der Waals surface area (Å²) in [5.41, 5.74) is 7.30. The molecule has 0 fully saturated rings. The average Bonchev–Trinajstić information content (AvgIpc) is 2.23. The van der Waals surface area contributed by atoms with Crippen molar-refractivity contribution in [2.75, 3.05) is 11.1 Å². The molecule has 0 atom stereocenters. The molecule has 88 valence electrons. The molecule has 0 unspecified atom stereocenters. The van der Waals surface area contributed by atoms with E-state index in [0.717, 1.165) is 0 Å². The average molecular weight is 252 g/mol. The zero-order valence-electron chi connectivity index (χ0n) is 9.17. The molecule has 0 aliphatic rings. The smallest absolute Gasteiger partial charge is 0.134 e. The molecular weight excluding hydrogens is 241 g/mol. The maximum Gasteiger partial charge on any atom is 0.134 e. The van der Waals surface area contributed by atoms with Gasteiger partial charge in [-0.05, 0) is 25.1 Å². The maximum atomic E-state index is 13.3. The van der Waals surface area contributed by atoms with E-state index >= 15 is 0 Å². The molecule has 0 saturated heterocycles. The first-order valence-electron chi connectivity index (χ1n) is 5.01. The topological polar surface area (TPSA) is 50.9 Å². The number of halogens is 2. The van der Waals surface area contributed by atoms with Gasteiger partial charge in [0.2, 0.25) is 0 Å². The standard InChI is InChI=1S/C12H11ClFN3/c1-7-9(14)3-2-4-10(7)16-12-6-8(15)5-11(13)17-12/h2-6H,1H3,(H3,15,16,17). The lowest BCUT2D eigenvalue weighted by molar-refractivity contribution is 0.619. The van der Waals surface area contributed by atoms with E-state index in [4.69, 9.17) is 17.3 Å². The monoisotopic (exact) mass is 251 g/mol. The number of nitrogens with zero attached hydrogens (tertiary/aromatic N) is 1. The Bertz CT molecular complexity index is 537. The number of nitrogens with one attached hydrogen (secondary N) is 1. The Kier molecular flexibility index (Phi) is 3.15. The van der Waals surface area contributed by atoms with Crippen LogP contribution in [0.3, 0.4) is 0 Å². The second-order valence-electron chi connectivity index (χ2n) is 3.65. The van der Waals surface area contributed by atoms with Crippen molar-refractivity contribution in [3.8, 4) is 0 Å². The van der Waals surface area contributed by atoms with Gasteiger partial charge in [0, 0.05) is 23.0 Å². The van der Waals surface area contributed by atoms with Crippen molar-refractivity contribution >= 4 is 28.8 Å². The van der Waals surface area contributed by atoms with E-state index in [2.05, 4.69) is 10.3 Å². The molecule has 0 bridgehead atoms. The lowest BCUT2D eigenvalue weighted by Crippen LogP contribution is -1.98. The molecule has 17 heavy (non-hydrogen) atoms. The summed E-state index contributed by atoms with van der Waals surface area (Å²) in [6.07, 6.45) is 0. The first-order chi connectivity index (χ1) is 8.06. The third-order valence-electron chi connectivity index (χ3n) is 2.35. The SMILES string of the molecule is Cc1c(F)cccc1Nc1cc(N)cc(Cl)n1. The summed E-state index contributed by atoms with van der Waals surface area (Å²) >= 11 is 5.78. The van der Waals surface area contributed by atoms with Crippen molar-refractivity contribution in [2.45, 2.75) is 6.92 Å². The molecule has 0 aliphatic heterocycles. The lowest BCUT2D eigenvalue weighted by Gasteiger charge is -2.10. The van der Waals surface area contributed by atoms with Crippen LogP contribution in [0.15, 0.2) is 30.3 Å². The predicted octanol–water partition coefficient (Wildman–Crippen LogP) is 3.51. The third kappa shape index (κ3) is 2.65. The van der Waals surface area contributed by atoms with Crippen LogP contribution in [-0.4, -0.2) is 4.98 Å². The van der Waals surface area contributed by atoms with Crippen molar-refractivity contribution in [1.29, 1.82) is 0 Å². The number of aromatic nitrogens is 1. The van der Waals surface area contributed by atoms with Gasteiger partial charge in [0.25, 0.3) is 0 Å². The summed E-state index contributed by atoms with van der Waals surface area (Å²) in [6.45, 7) is 1.69. The second-order valence-corrected chi connectivity index (χ2v) is 4.03. The second kappa shape index (κ2) is 4.59. The quantitative estimate of drug-likeness (QED) is 0.803. The Hall–Kier alpha value is -1.81. The first-order valence-corrected chi connectivity index (χ1v) is 5.39. The van der Waals surface area contributed by atoms with Crippen LogP contribution in [-0.2, 0) is 0 Å². The van der Waals surface area contributed by atoms with Crippen molar-refractivity contribution in [3.63, 3.8) is 0 Å². The molecule has 5 heteroatoms. The van der Waals surface area contributed by atoms with E-state index < -0.39 is 0 Å². The van der Waals surface area contributed by atoms with E-state index in [1.807, 2.05) is 0 Å². The Labute approximate surface area is 103 Å². The van der Waals surface area contributed by atoms with Gasteiger partial charge in [-0.15, -0.1) is 0 Å². The molecule has 0 radical (unpaired) electrons. The highest BCUT2D eigenvalue weighted by Crippen LogP contribution is 2.23. The number of nitrogen functional groups attached to an aromatic ring is 1. The van der Waals surface area contributed by atoms with Crippen LogP contribution < -0.4 is 11.1 Å². The molecule has 1 aromatic heterocycles. The molecule has 1 heterocycles. The number of hydrogen-bond acceptors (Lipinski definition) is 3. The molecule has 0 aliphatic carbocycles. The molecule has 0 amide bonds. The van der Waals surface area contributed by atoms with Gasteiger partial charge < -0.3 is 11.1 Å². The Morgan fingerprint density at radius 2 is 2.12 bits per heavy atom. The predicted molar refractivity (Wildman–Crippen MR) is 68.1 cm³/mol. The molecule has 0 saturated carbocycles. The van der Waals surface area contributed by atoms with Crippen molar-refractivity contribution in [2.24, 2.45) is 0 Å². The molecule has 3 nitrogen and oxygen atoms in total. The fourth-order valence-electron chi connectivity index (χ4n) is 1.46. The fraction of sp³-hybridized carbons (Fsp3) is 0.0833. The van der Waals surface area contributed by atoms with Crippen LogP contribution in [0.2, 0.25) is 5.15 Å². The van der Waals surface area contributed by atoms with Gasteiger partial charge in [-0.2, -0.15) is 0 Å². The van der Waals surface area contributed by atoms with Gasteiger partial charge in [0.05, 0.1) is 0 Å². The van der Waals surface area contributed by atoms with Gasteiger partial charge in [-0.3, -0.25) is 0 Å². The van der Waals surface area contributed by atoms with Gasteiger partial charge in [-0.1, -0.05) is 17.7 Å². The Morgan fingerprint density at radius 3 is 2.82 bits per heavy atom. The van der Waals surface area contributed by atoms with E-state index in [1.54, 1.807) is 31.2 Å². The van der Waals surface area contributed by atoms with Crippen LogP contribution in [0.25, 0.3) is 0 Å². The van der Waals surface area contributed by atoms with Crippen molar-refractivity contribution < 1.29 is 4.39 Å². The summed E-state index contributed by atoms with van der Waals surface area (Å²) in [5, 5.41) is 3.27. The van der Waals surface area contributed by atoms with Crippen LogP contribution >= 0.6 is 11.6 Å². The summed E-state index contributed by atoms with van der Waals surface area (Å²) in [5.74, 6) is 0.216. The van der Waals surface area contributed by atoms with Gasteiger partial charge in [-0.25, -0.2) is 9.37 Å².